The Labute approximate surface area is 162 Å². The summed E-state index contributed by atoms with van der Waals surface area (Å²) in [5.74, 6) is 2.61. The predicted molar refractivity (Wildman–Crippen MR) is 107 cm³/mol. The summed E-state index contributed by atoms with van der Waals surface area (Å²) in [5, 5.41) is 5.97. The highest BCUT2D eigenvalue weighted by Gasteiger charge is 2.54. The number of benzene rings is 1. The van der Waals surface area contributed by atoms with Crippen molar-refractivity contribution in [2.75, 3.05) is 5.32 Å². The van der Waals surface area contributed by atoms with Crippen molar-refractivity contribution in [2.45, 2.75) is 71.3 Å². The zero-order valence-corrected chi connectivity index (χ0v) is 16.8. The van der Waals surface area contributed by atoms with Gasteiger partial charge in [0.05, 0.1) is 0 Å². The van der Waals surface area contributed by atoms with Crippen molar-refractivity contribution in [1.82, 2.24) is 5.32 Å². The van der Waals surface area contributed by atoms with Crippen LogP contribution in [-0.4, -0.2) is 17.9 Å². The molecule has 0 saturated heterocycles. The van der Waals surface area contributed by atoms with Gasteiger partial charge in [-0.05, 0) is 86.8 Å². The number of carbonyl (C=O) groups is 2. The SMILES string of the molecule is CC(C)c1ccc(NC(=O)[C@@H](C)NC(=O)C23CC4CC(CC(C4)C2)C3)cc1. The van der Waals surface area contributed by atoms with Gasteiger partial charge in [-0.1, -0.05) is 26.0 Å². The van der Waals surface area contributed by atoms with Crippen LogP contribution in [0.5, 0.6) is 0 Å². The van der Waals surface area contributed by atoms with Gasteiger partial charge in [0.2, 0.25) is 11.8 Å². The summed E-state index contributed by atoms with van der Waals surface area (Å²) in [5.41, 5.74) is 1.82. The minimum Gasteiger partial charge on any atom is -0.344 e. The molecule has 1 atom stereocenters. The first-order valence-electron chi connectivity index (χ1n) is 10.6. The number of hydrogen-bond acceptors (Lipinski definition) is 2. The van der Waals surface area contributed by atoms with Gasteiger partial charge in [-0.25, -0.2) is 0 Å². The molecule has 146 valence electrons. The van der Waals surface area contributed by atoms with Crippen LogP contribution in [0.15, 0.2) is 24.3 Å². The minimum atomic E-state index is -0.518. The van der Waals surface area contributed by atoms with Gasteiger partial charge >= 0.3 is 0 Å². The molecule has 4 fully saturated rings. The Balaban J connectivity index is 1.36. The third-order valence-electron chi connectivity index (χ3n) is 7.11. The second kappa shape index (κ2) is 6.96. The van der Waals surface area contributed by atoms with Crippen LogP contribution in [0.2, 0.25) is 0 Å². The molecule has 1 aromatic carbocycles. The number of carbonyl (C=O) groups excluding carboxylic acids is 2. The van der Waals surface area contributed by atoms with E-state index in [1.54, 1.807) is 6.92 Å². The Kier molecular flexibility index (Phi) is 4.77. The summed E-state index contributed by atoms with van der Waals surface area (Å²) < 4.78 is 0. The van der Waals surface area contributed by atoms with E-state index >= 15 is 0 Å². The van der Waals surface area contributed by atoms with E-state index in [0.29, 0.717) is 5.92 Å². The number of hydrogen-bond donors (Lipinski definition) is 2. The molecule has 4 bridgehead atoms. The van der Waals surface area contributed by atoms with Gasteiger partial charge in [-0.3, -0.25) is 9.59 Å². The summed E-state index contributed by atoms with van der Waals surface area (Å²) in [4.78, 5) is 25.7. The maximum Gasteiger partial charge on any atom is 0.246 e. The number of amides is 2. The summed E-state index contributed by atoms with van der Waals surface area (Å²) in [6, 6.07) is 7.43. The lowest BCUT2D eigenvalue weighted by Crippen LogP contribution is -2.56. The van der Waals surface area contributed by atoms with Gasteiger partial charge in [0.1, 0.15) is 6.04 Å². The van der Waals surface area contributed by atoms with Crippen LogP contribution in [0.3, 0.4) is 0 Å². The Morgan fingerprint density at radius 2 is 1.44 bits per heavy atom. The van der Waals surface area contributed by atoms with E-state index in [1.165, 1.54) is 24.8 Å². The lowest BCUT2D eigenvalue weighted by Gasteiger charge is -2.55. The van der Waals surface area contributed by atoms with Crippen LogP contribution in [0.1, 0.15) is 70.8 Å². The molecule has 0 spiro atoms. The van der Waals surface area contributed by atoms with Crippen LogP contribution in [0, 0.1) is 23.2 Å². The van der Waals surface area contributed by atoms with Crippen LogP contribution < -0.4 is 10.6 Å². The Hall–Kier alpha value is -1.84. The van der Waals surface area contributed by atoms with Crippen molar-refractivity contribution >= 4 is 17.5 Å². The maximum atomic E-state index is 13.1. The van der Waals surface area contributed by atoms with Crippen LogP contribution >= 0.6 is 0 Å². The highest BCUT2D eigenvalue weighted by molar-refractivity contribution is 5.97. The monoisotopic (exact) mass is 368 g/mol. The third-order valence-corrected chi connectivity index (χ3v) is 7.11. The van der Waals surface area contributed by atoms with Crippen LogP contribution in [0.25, 0.3) is 0 Å². The van der Waals surface area contributed by atoms with E-state index in [4.69, 9.17) is 0 Å². The molecule has 0 heterocycles. The van der Waals surface area contributed by atoms with Crippen molar-refractivity contribution in [3.05, 3.63) is 29.8 Å². The molecule has 4 saturated carbocycles. The highest BCUT2D eigenvalue weighted by atomic mass is 16.2. The van der Waals surface area contributed by atoms with E-state index < -0.39 is 6.04 Å². The van der Waals surface area contributed by atoms with Crippen molar-refractivity contribution in [1.29, 1.82) is 0 Å². The maximum absolute atomic E-state index is 13.1. The molecule has 4 heteroatoms. The Morgan fingerprint density at radius 1 is 0.926 bits per heavy atom. The fourth-order valence-corrected chi connectivity index (χ4v) is 6.01. The average Bonchev–Trinajstić information content (AvgIpc) is 2.60. The number of rotatable bonds is 5. The summed E-state index contributed by atoms with van der Waals surface area (Å²) in [6.07, 6.45) is 7.01. The Bertz CT molecular complexity index is 687. The molecule has 1 aromatic rings. The van der Waals surface area contributed by atoms with E-state index in [2.05, 4.69) is 24.5 Å². The molecule has 0 aromatic heterocycles. The molecule has 2 N–H and O–H groups in total. The highest BCUT2D eigenvalue weighted by Crippen LogP contribution is 2.60. The average molecular weight is 369 g/mol. The first-order valence-corrected chi connectivity index (χ1v) is 10.6. The molecule has 4 aliphatic carbocycles. The van der Waals surface area contributed by atoms with Crippen LogP contribution in [0.4, 0.5) is 5.69 Å². The molecule has 4 nitrogen and oxygen atoms in total. The molecule has 27 heavy (non-hydrogen) atoms. The van der Waals surface area contributed by atoms with Crippen molar-refractivity contribution < 1.29 is 9.59 Å². The summed E-state index contributed by atoms with van der Waals surface area (Å²) in [6.45, 7) is 6.08. The Morgan fingerprint density at radius 3 is 1.93 bits per heavy atom. The standard InChI is InChI=1S/C23H32N2O2/c1-14(2)19-4-6-20(7-5-19)25-21(26)15(3)24-22(27)23-11-16-8-17(12-23)10-18(9-16)13-23/h4-7,14-18H,8-13H2,1-3H3,(H,24,27)(H,25,26)/t15-,16?,17?,18?,23?/m1/s1. The zero-order chi connectivity index (χ0) is 19.2. The second-order valence-electron chi connectivity index (χ2n) is 9.66. The molecular weight excluding hydrogens is 336 g/mol. The van der Waals surface area contributed by atoms with E-state index in [9.17, 15) is 9.59 Å². The van der Waals surface area contributed by atoms with Crippen molar-refractivity contribution in [3.8, 4) is 0 Å². The predicted octanol–water partition coefficient (Wildman–Crippen LogP) is 4.47. The summed E-state index contributed by atoms with van der Waals surface area (Å²) >= 11 is 0. The van der Waals surface area contributed by atoms with Gasteiger partial charge in [-0.15, -0.1) is 0 Å². The molecule has 5 rings (SSSR count). The molecule has 2 amide bonds. The molecule has 0 radical (unpaired) electrons. The van der Waals surface area contributed by atoms with E-state index in [0.717, 1.165) is 42.7 Å². The third kappa shape index (κ3) is 3.63. The fourth-order valence-electron chi connectivity index (χ4n) is 6.01. The van der Waals surface area contributed by atoms with Crippen LogP contribution in [-0.2, 0) is 9.59 Å². The normalized spacial score (nSPS) is 32.4. The minimum absolute atomic E-state index is 0.111. The van der Waals surface area contributed by atoms with Crippen molar-refractivity contribution in [3.63, 3.8) is 0 Å². The lowest BCUT2D eigenvalue weighted by molar-refractivity contribution is -0.147. The molecular formula is C23H32N2O2. The van der Waals surface area contributed by atoms with Crippen molar-refractivity contribution in [2.24, 2.45) is 23.2 Å². The van der Waals surface area contributed by atoms with Gasteiger partial charge in [-0.2, -0.15) is 0 Å². The van der Waals surface area contributed by atoms with E-state index in [1.807, 2.05) is 24.3 Å². The lowest BCUT2D eigenvalue weighted by atomic mass is 9.49. The smallest absolute Gasteiger partial charge is 0.246 e. The number of nitrogens with one attached hydrogen (secondary N) is 2. The van der Waals surface area contributed by atoms with E-state index in [-0.39, 0.29) is 17.2 Å². The fraction of sp³-hybridized carbons (Fsp3) is 0.652. The molecule has 0 unspecified atom stereocenters. The zero-order valence-electron chi connectivity index (χ0n) is 16.8. The molecule has 4 aliphatic rings. The molecule has 0 aliphatic heterocycles. The second-order valence-corrected chi connectivity index (χ2v) is 9.66. The van der Waals surface area contributed by atoms with Gasteiger partial charge in [0.15, 0.2) is 0 Å². The number of anilines is 1. The largest absolute Gasteiger partial charge is 0.344 e. The first kappa shape index (κ1) is 18.5. The summed E-state index contributed by atoms with van der Waals surface area (Å²) in [7, 11) is 0. The van der Waals surface area contributed by atoms with Gasteiger partial charge in [0.25, 0.3) is 0 Å². The van der Waals surface area contributed by atoms with Gasteiger partial charge < -0.3 is 10.6 Å². The van der Waals surface area contributed by atoms with Gasteiger partial charge in [0, 0.05) is 11.1 Å². The first-order chi connectivity index (χ1) is 12.8. The quantitative estimate of drug-likeness (QED) is 0.805. The topological polar surface area (TPSA) is 58.2 Å².